The Morgan fingerprint density at radius 1 is 1.58 bits per heavy atom. The normalized spacial score (nSPS) is 11.5. The van der Waals surface area contributed by atoms with Crippen LogP contribution in [0.3, 0.4) is 0 Å². The van der Waals surface area contributed by atoms with E-state index in [9.17, 15) is 8.42 Å². The molecule has 1 rings (SSSR count). The molecule has 1 heterocycles. The first-order valence-electron chi connectivity index (χ1n) is 3.12. The summed E-state index contributed by atoms with van der Waals surface area (Å²) in [5.74, 6) is 0. The lowest BCUT2D eigenvalue weighted by Gasteiger charge is -2.01. The summed E-state index contributed by atoms with van der Waals surface area (Å²) < 4.78 is 24.5. The number of pyridine rings is 1. The average molecular weight is 207 g/mol. The fourth-order valence-electron chi connectivity index (χ4n) is 0.682. The molecule has 1 N–H and O–H groups in total. The van der Waals surface area contributed by atoms with E-state index in [4.69, 9.17) is 11.6 Å². The maximum absolute atomic E-state index is 11.2. The van der Waals surface area contributed by atoms with Gasteiger partial charge in [0, 0.05) is 6.20 Å². The maximum Gasteiger partial charge on any atom is 0.243 e. The van der Waals surface area contributed by atoms with Gasteiger partial charge in [0.15, 0.2) is 0 Å². The SMILES string of the molecule is CNS(=O)(=O)c1cccnc1Cl. The molecule has 4 nitrogen and oxygen atoms in total. The smallest absolute Gasteiger partial charge is 0.243 e. The first kappa shape index (κ1) is 9.44. The number of hydrogen-bond acceptors (Lipinski definition) is 3. The van der Waals surface area contributed by atoms with Crippen LogP contribution in [0.25, 0.3) is 0 Å². The van der Waals surface area contributed by atoms with Gasteiger partial charge in [-0.15, -0.1) is 0 Å². The van der Waals surface area contributed by atoms with Gasteiger partial charge in [-0.25, -0.2) is 18.1 Å². The van der Waals surface area contributed by atoms with Crippen LogP contribution in [0.1, 0.15) is 0 Å². The lowest BCUT2D eigenvalue weighted by molar-refractivity contribution is 0.588. The van der Waals surface area contributed by atoms with Gasteiger partial charge in [-0.1, -0.05) is 11.6 Å². The summed E-state index contributed by atoms with van der Waals surface area (Å²) in [6.45, 7) is 0. The van der Waals surface area contributed by atoms with Gasteiger partial charge in [0.1, 0.15) is 10.0 Å². The molecule has 0 saturated heterocycles. The quantitative estimate of drug-likeness (QED) is 0.723. The lowest BCUT2D eigenvalue weighted by Crippen LogP contribution is -2.19. The monoisotopic (exact) mass is 206 g/mol. The van der Waals surface area contributed by atoms with Crippen molar-refractivity contribution in [3.8, 4) is 0 Å². The molecule has 66 valence electrons. The highest BCUT2D eigenvalue weighted by atomic mass is 35.5. The van der Waals surface area contributed by atoms with Gasteiger partial charge < -0.3 is 0 Å². The Kier molecular flexibility index (Phi) is 2.66. The highest BCUT2D eigenvalue weighted by Gasteiger charge is 2.15. The van der Waals surface area contributed by atoms with Crippen molar-refractivity contribution < 1.29 is 8.42 Å². The Morgan fingerprint density at radius 3 is 2.75 bits per heavy atom. The van der Waals surface area contributed by atoms with Gasteiger partial charge in [0.05, 0.1) is 0 Å². The van der Waals surface area contributed by atoms with Crippen molar-refractivity contribution in [3.63, 3.8) is 0 Å². The number of aromatic nitrogens is 1. The molecule has 12 heavy (non-hydrogen) atoms. The number of nitrogens with one attached hydrogen (secondary N) is 1. The second-order valence-electron chi connectivity index (χ2n) is 2.00. The summed E-state index contributed by atoms with van der Waals surface area (Å²) in [5.41, 5.74) is 0. The molecule has 1 aromatic rings. The van der Waals surface area contributed by atoms with Gasteiger partial charge >= 0.3 is 0 Å². The van der Waals surface area contributed by atoms with E-state index in [1.807, 2.05) is 0 Å². The van der Waals surface area contributed by atoms with E-state index < -0.39 is 10.0 Å². The number of halogens is 1. The van der Waals surface area contributed by atoms with Gasteiger partial charge in [0.25, 0.3) is 0 Å². The molecule has 0 fully saturated rings. The summed E-state index contributed by atoms with van der Waals surface area (Å²) in [4.78, 5) is 3.63. The molecule has 0 aliphatic rings. The van der Waals surface area contributed by atoms with Crippen molar-refractivity contribution in [3.05, 3.63) is 23.5 Å². The summed E-state index contributed by atoms with van der Waals surface area (Å²) in [6.07, 6.45) is 1.43. The molecular weight excluding hydrogens is 200 g/mol. The minimum absolute atomic E-state index is 0.00540. The predicted octanol–water partition coefficient (Wildman–Crippen LogP) is 0.643. The molecular formula is C6H7ClN2O2S. The maximum atomic E-state index is 11.2. The molecule has 0 aromatic carbocycles. The highest BCUT2D eigenvalue weighted by molar-refractivity contribution is 7.89. The molecule has 0 unspecified atom stereocenters. The van der Waals surface area contributed by atoms with Crippen molar-refractivity contribution in [2.45, 2.75) is 4.90 Å². The zero-order valence-electron chi connectivity index (χ0n) is 6.28. The Balaban J connectivity index is 3.30. The van der Waals surface area contributed by atoms with Crippen LogP contribution in [-0.2, 0) is 10.0 Å². The number of sulfonamides is 1. The van der Waals surface area contributed by atoms with E-state index in [-0.39, 0.29) is 10.0 Å². The fraction of sp³-hybridized carbons (Fsp3) is 0.167. The van der Waals surface area contributed by atoms with E-state index in [2.05, 4.69) is 9.71 Å². The Bertz CT molecular complexity index is 377. The van der Waals surface area contributed by atoms with Crippen LogP contribution in [-0.4, -0.2) is 20.4 Å². The molecule has 0 atom stereocenters. The lowest BCUT2D eigenvalue weighted by atomic mass is 10.5. The van der Waals surface area contributed by atoms with Crippen LogP contribution in [0.2, 0.25) is 5.15 Å². The number of rotatable bonds is 2. The third-order valence-electron chi connectivity index (χ3n) is 1.28. The van der Waals surface area contributed by atoms with Crippen molar-refractivity contribution in [1.82, 2.24) is 9.71 Å². The molecule has 0 bridgehead atoms. The predicted molar refractivity (Wildman–Crippen MR) is 45.5 cm³/mol. The molecule has 0 amide bonds. The molecule has 0 saturated carbocycles. The van der Waals surface area contributed by atoms with Crippen LogP contribution >= 0.6 is 11.6 Å². The number of hydrogen-bond donors (Lipinski definition) is 1. The topological polar surface area (TPSA) is 59.1 Å². The van der Waals surface area contributed by atoms with Crippen molar-refractivity contribution in [1.29, 1.82) is 0 Å². The minimum atomic E-state index is -3.47. The third-order valence-corrected chi connectivity index (χ3v) is 3.14. The van der Waals surface area contributed by atoms with Gasteiger partial charge in [-0.3, -0.25) is 0 Å². The Labute approximate surface area is 75.6 Å². The van der Waals surface area contributed by atoms with Crippen LogP contribution in [0, 0.1) is 0 Å². The van der Waals surface area contributed by atoms with Crippen LogP contribution in [0.5, 0.6) is 0 Å². The summed E-state index contributed by atoms with van der Waals surface area (Å²) in [7, 11) is -2.16. The number of nitrogens with zero attached hydrogens (tertiary/aromatic N) is 1. The molecule has 6 heteroatoms. The van der Waals surface area contributed by atoms with Crippen LogP contribution < -0.4 is 4.72 Å². The summed E-state index contributed by atoms with van der Waals surface area (Å²) >= 11 is 5.56. The van der Waals surface area contributed by atoms with Gasteiger partial charge in [0.2, 0.25) is 10.0 Å². The van der Waals surface area contributed by atoms with E-state index in [0.717, 1.165) is 0 Å². The van der Waals surface area contributed by atoms with Gasteiger partial charge in [-0.2, -0.15) is 0 Å². The Morgan fingerprint density at radius 2 is 2.25 bits per heavy atom. The first-order valence-corrected chi connectivity index (χ1v) is 4.98. The molecule has 0 radical (unpaired) electrons. The standard InChI is InChI=1S/C6H7ClN2O2S/c1-8-12(10,11)5-3-2-4-9-6(5)7/h2-4,8H,1H3. The largest absolute Gasteiger partial charge is 0.243 e. The average Bonchev–Trinajstić information content (AvgIpc) is 2.05. The summed E-state index contributed by atoms with van der Waals surface area (Å²) in [5, 5.41) is -0.0214. The second kappa shape index (κ2) is 3.38. The zero-order chi connectivity index (χ0) is 9.19. The second-order valence-corrected chi connectivity index (χ2v) is 4.21. The molecule has 0 aliphatic carbocycles. The van der Waals surface area contributed by atoms with E-state index in [1.54, 1.807) is 0 Å². The minimum Gasteiger partial charge on any atom is -0.243 e. The van der Waals surface area contributed by atoms with Crippen molar-refractivity contribution in [2.75, 3.05) is 7.05 Å². The third kappa shape index (κ3) is 1.74. The molecule has 1 aromatic heterocycles. The van der Waals surface area contributed by atoms with Crippen LogP contribution in [0.4, 0.5) is 0 Å². The molecule has 0 spiro atoms. The van der Waals surface area contributed by atoms with Crippen molar-refractivity contribution in [2.24, 2.45) is 0 Å². The van der Waals surface area contributed by atoms with Crippen LogP contribution in [0.15, 0.2) is 23.2 Å². The van der Waals surface area contributed by atoms with Crippen molar-refractivity contribution >= 4 is 21.6 Å². The Hall–Kier alpha value is -0.650. The van der Waals surface area contributed by atoms with E-state index >= 15 is 0 Å². The van der Waals surface area contributed by atoms with Gasteiger partial charge in [-0.05, 0) is 19.2 Å². The zero-order valence-corrected chi connectivity index (χ0v) is 7.85. The van der Waals surface area contributed by atoms with E-state index in [1.165, 1.54) is 25.4 Å². The first-order chi connectivity index (χ1) is 5.58. The highest BCUT2D eigenvalue weighted by Crippen LogP contribution is 2.16. The summed E-state index contributed by atoms with van der Waals surface area (Å²) in [6, 6.07) is 2.90. The molecule has 0 aliphatic heterocycles. The fourth-order valence-corrected chi connectivity index (χ4v) is 1.86. The van der Waals surface area contributed by atoms with E-state index in [0.29, 0.717) is 0 Å².